The van der Waals surface area contributed by atoms with Crippen molar-refractivity contribution in [1.29, 1.82) is 0 Å². The van der Waals surface area contributed by atoms with E-state index in [1.807, 2.05) is 0 Å². The van der Waals surface area contributed by atoms with Gasteiger partial charge in [0.2, 0.25) is 8.32 Å². The highest BCUT2D eigenvalue weighted by molar-refractivity contribution is 6.77. The Balaban J connectivity index is 1.18. The van der Waals surface area contributed by atoms with Crippen LogP contribution in [0.15, 0.2) is 23.3 Å². The molecule has 0 unspecified atom stereocenters. The van der Waals surface area contributed by atoms with Gasteiger partial charge in [-0.05, 0) is 110 Å². The minimum atomic E-state index is -2.09. The summed E-state index contributed by atoms with van der Waals surface area (Å²) in [6.07, 6.45) is 8.48. The van der Waals surface area contributed by atoms with Gasteiger partial charge in [0, 0.05) is 6.42 Å². The summed E-state index contributed by atoms with van der Waals surface area (Å²) in [7, 11) is -2.09. The Labute approximate surface area is 266 Å². The number of esters is 1. The highest BCUT2D eigenvalue weighted by atomic mass is 28.4. The molecule has 246 valence electrons. The molecule has 6 aliphatic rings. The van der Waals surface area contributed by atoms with Gasteiger partial charge in [0.1, 0.15) is 17.8 Å². The molecule has 7 heteroatoms. The molecule has 4 aliphatic carbocycles. The molecule has 0 radical (unpaired) electrons. The summed E-state index contributed by atoms with van der Waals surface area (Å²) < 4.78 is 19.4. The van der Waals surface area contributed by atoms with Gasteiger partial charge in [0.25, 0.3) is 0 Å². The van der Waals surface area contributed by atoms with Gasteiger partial charge in [-0.3, -0.25) is 4.79 Å². The Morgan fingerprint density at radius 1 is 1.00 bits per heavy atom. The van der Waals surface area contributed by atoms with Crippen molar-refractivity contribution >= 4 is 20.1 Å². The average Bonchev–Trinajstić information content (AvgIpc) is 3.58. The molecule has 11 atom stereocenters. The zero-order valence-electron chi connectivity index (χ0n) is 28.9. The Kier molecular flexibility index (Phi) is 8.08. The van der Waals surface area contributed by atoms with E-state index in [2.05, 4.69) is 69.2 Å². The molecule has 6 nitrogen and oxygen atoms in total. The van der Waals surface area contributed by atoms with E-state index in [1.165, 1.54) is 0 Å². The van der Waals surface area contributed by atoms with Crippen LogP contribution < -0.4 is 0 Å². The number of aliphatic hydroxyl groups is 1. The Morgan fingerprint density at radius 2 is 1.66 bits per heavy atom. The third-order valence-electron chi connectivity index (χ3n) is 14.6. The van der Waals surface area contributed by atoms with Gasteiger partial charge in [-0.1, -0.05) is 61.0 Å². The average molecular weight is 627 g/mol. The van der Waals surface area contributed by atoms with Crippen molar-refractivity contribution in [3.05, 3.63) is 23.3 Å². The molecule has 0 aromatic carbocycles. The molecule has 3 saturated carbocycles. The molecule has 1 saturated heterocycles. The Bertz CT molecular complexity index is 1230. The monoisotopic (exact) mass is 626 g/mol. The molecule has 0 amide bonds. The van der Waals surface area contributed by atoms with Crippen LogP contribution >= 0.6 is 0 Å². The van der Waals surface area contributed by atoms with Crippen molar-refractivity contribution in [2.75, 3.05) is 6.61 Å². The first kappa shape index (κ1) is 32.6. The van der Waals surface area contributed by atoms with Gasteiger partial charge < -0.3 is 19.0 Å². The van der Waals surface area contributed by atoms with Crippen LogP contribution in [-0.4, -0.2) is 55.7 Å². The van der Waals surface area contributed by atoms with Crippen LogP contribution in [0.25, 0.3) is 0 Å². The number of hydrogen-bond acceptors (Lipinski definition) is 6. The van der Waals surface area contributed by atoms with E-state index in [0.717, 1.165) is 49.7 Å². The Hall–Kier alpha value is -1.28. The number of carbonyl (C=O) groups excluding carboxylic acids is 2. The number of allylic oxidation sites excluding steroid dienone is 1. The highest BCUT2D eigenvalue weighted by Gasteiger charge is 2.80. The second kappa shape index (κ2) is 10.9. The molecule has 0 aromatic heterocycles. The fraction of sp³-hybridized carbons (Fsp3) is 0.838. The molecule has 1 spiro atoms. The number of hydrogen-bond donors (Lipinski definition) is 1. The molecule has 2 heterocycles. The third-order valence-corrected chi connectivity index (χ3v) is 20.7. The summed E-state index contributed by atoms with van der Waals surface area (Å²) in [4.78, 5) is 27.0. The fourth-order valence-corrected chi connectivity index (χ4v) is 17.8. The van der Waals surface area contributed by atoms with Gasteiger partial charge in [0.05, 0.1) is 23.7 Å². The molecule has 0 aromatic rings. The second-order valence-electron chi connectivity index (χ2n) is 17.0. The van der Waals surface area contributed by atoms with Crippen LogP contribution in [0.2, 0.25) is 16.6 Å². The number of rotatable bonds is 8. The van der Waals surface area contributed by atoms with Crippen molar-refractivity contribution < 1.29 is 28.6 Å². The summed E-state index contributed by atoms with van der Waals surface area (Å²) in [6.45, 7) is 23.0. The van der Waals surface area contributed by atoms with Gasteiger partial charge in [-0.2, -0.15) is 0 Å². The standard InChI is InChI=1S/C37H58O6Si/c1-20(2)44(21(3)4,22(5)6)41-19-26-23(7)17-30(42-34(26)40)24(8)27-11-12-28-25-18-33-37(43-33)32(39)14-13-31(38)36(37,10)29(25)15-16-35(27,28)9/h13-14,20-22,24-25,27-30,32-33,39H,11-12,15-19H2,1-10H3/t24-,25-,27+,28-,29-,30+,32-,33+,35+,36-,37+/m0/s1. The van der Waals surface area contributed by atoms with Crippen molar-refractivity contribution in [3.63, 3.8) is 0 Å². The van der Waals surface area contributed by atoms with Crippen LogP contribution in [0.1, 0.15) is 108 Å². The molecule has 0 bridgehead atoms. The van der Waals surface area contributed by atoms with E-state index in [4.69, 9.17) is 13.9 Å². The Morgan fingerprint density at radius 3 is 2.27 bits per heavy atom. The lowest BCUT2D eigenvalue weighted by atomic mass is 9.44. The van der Waals surface area contributed by atoms with Crippen LogP contribution in [0.3, 0.4) is 0 Å². The summed E-state index contributed by atoms with van der Waals surface area (Å²) in [6, 6.07) is 0. The molecule has 4 fully saturated rings. The SMILES string of the molecule is CC1=C(CO[Si](C(C)C)(C(C)C)C(C)C)C(=O)O[C@@H]([C@@H](C)[C@H]2CC[C@H]3[C@@H]4C[C@H]5O[C@]56[C@@H](O)C=CC(=O)[C@]6(C)[C@H]4CC[C@]23C)C1. The molecular formula is C37H58O6Si. The van der Waals surface area contributed by atoms with Crippen LogP contribution in [0, 0.1) is 40.4 Å². The maximum Gasteiger partial charge on any atom is 0.336 e. The van der Waals surface area contributed by atoms with Gasteiger partial charge >= 0.3 is 5.97 Å². The van der Waals surface area contributed by atoms with Crippen LogP contribution in [0.5, 0.6) is 0 Å². The van der Waals surface area contributed by atoms with Crippen molar-refractivity contribution in [2.24, 2.45) is 40.4 Å². The predicted molar refractivity (Wildman–Crippen MR) is 174 cm³/mol. The van der Waals surface area contributed by atoms with E-state index in [0.29, 0.717) is 41.0 Å². The molecule has 1 N–H and O–H groups in total. The number of ketones is 1. The summed E-state index contributed by atoms with van der Waals surface area (Å²) in [5.41, 5.74) is 2.04. The van der Waals surface area contributed by atoms with E-state index in [-0.39, 0.29) is 41.2 Å². The number of epoxide rings is 1. The number of carbonyl (C=O) groups is 2. The van der Waals surface area contributed by atoms with E-state index >= 15 is 0 Å². The summed E-state index contributed by atoms with van der Waals surface area (Å²) in [5.74, 6) is 1.85. The number of cyclic esters (lactones) is 1. The topological polar surface area (TPSA) is 85.4 Å². The first-order valence-corrected chi connectivity index (χ1v) is 19.8. The van der Waals surface area contributed by atoms with Crippen LogP contribution in [0.4, 0.5) is 0 Å². The minimum Gasteiger partial charge on any atom is -0.458 e. The van der Waals surface area contributed by atoms with E-state index in [9.17, 15) is 14.7 Å². The van der Waals surface area contributed by atoms with E-state index < -0.39 is 25.4 Å². The summed E-state index contributed by atoms with van der Waals surface area (Å²) in [5, 5.41) is 11.0. The number of ether oxygens (including phenoxy) is 2. The largest absolute Gasteiger partial charge is 0.458 e. The first-order chi connectivity index (χ1) is 20.6. The lowest BCUT2D eigenvalue weighted by Crippen LogP contribution is -2.63. The molecule has 2 aliphatic heterocycles. The predicted octanol–water partition coefficient (Wildman–Crippen LogP) is 7.55. The van der Waals surface area contributed by atoms with E-state index in [1.54, 1.807) is 12.2 Å². The molecule has 6 rings (SSSR count). The number of aliphatic hydroxyl groups excluding tert-OH is 1. The molecule has 44 heavy (non-hydrogen) atoms. The fourth-order valence-electron chi connectivity index (χ4n) is 12.4. The summed E-state index contributed by atoms with van der Waals surface area (Å²) >= 11 is 0. The van der Waals surface area contributed by atoms with Gasteiger partial charge in [-0.15, -0.1) is 0 Å². The number of fused-ring (bicyclic) bond motifs is 4. The second-order valence-corrected chi connectivity index (χ2v) is 22.4. The third kappa shape index (κ3) is 4.26. The zero-order chi connectivity index (χ0) is 32.1. The highest BCUT2D eigenvalue weighted by Crippen LogP contribution is 2.73. The zero-order valence-corrected chi connectivity index (χ0v) is 29.9. The van der Waals surface area contributed by atoms with Crippen molar-refractivity contribution in [3.8, 4) is 0 Å². The van der Waals surface area contributed by atoms with Gasteiger partial charge in [0.15, 0.2) is 5.78 Å². The smallest absolute Gasteiger partial charge is 0.336 e. The van der Waals surface area contributed by atoms with Crippen molar-refractivity contribution in [2.45, 2.75) is 148 Å². The minimum absolute atomic E-state index is 0.0342. The van der Waals surface area contributed by atoms with Gasteiger partial charge in [-0.25, -0.2) is 4.79 Å². The quantitative estimate of drug-likeness (QED) is 0.170. The first-order valence-electron chi connectivity index (χ1n) is 17.7. The maximum absolute atomic E-state index is 13.6. The van der Waals surface area contributed by atoms with Crippen LogP contribution in [-0.2, 0) is 23.5 Å². The maximum atomic E-state index is 13.6. The lowest BCUT2D eigenvalue weighted by molar-refractivity contribution is -0.155. The molecular weight excluding hydrogens is 568 g/mol. The van der Waals surface area contributed by atoms with Crippen molar-refractivity contribution in [1.82, 2.24) is 0 Å². The lowest BCUT2D eigenvalue weighted by Gasteiger charge is -2.58. The normalized spacial score (nSPS) is 44.0.